The SMILES string of the molecule is CCNc1cn2ccnc2c(NC(C)(C)CCO)n1. The maximum Gasteiger partial charge on any atom is 0.180 e. The lowest BCUT2D eigenvalue weighted by atomic mass is 10.0. The van der Waals surface area contributed by atoms with Crippen LogP contribution in [0.4, 0.5) is 11.6 Å². The Morgan fingerprint density at radius 3 is 2.89 bits per heavy atom. The molecule has 0 saturated heterocycles. The van der Waals surface area contributed by atoms with Gasteiger partial charge in [0.05, 0.1) is 6.20 Å². The van der Waals surface area contributed by atoms with Crippen LogP contribution in [0.25, 0.3) is 5.65 Å². The van der Waals surface area contributed by atoms with Crippen molar-refractivity contribution in [2.24, 2.45) is 0 Å². The summed E-state index contributed by atoms with van der Waals surface area (Å²) in [6, 6.07) is 0. The molecule has 19 heavy (non-hydrogen) atoms. The summed E-state index contributed by atoms with van der Waals surface area (Å²) < 4.78 is 1.93. The number of rotatable bonds is 6. The zero-order chi connectivity index (χ0) is 13.9. The molecule has 3 N–H and O–H groups in total. The van der Waals surface area contributed by atoms with E-state index in [0.717, 1.165) is 23.8 Å². The molecule has 6 nitrogen and oxygen atoms in total. The van der Waals surface area contributed by atoms with Crippen LogP contribution in [0.15, 0.2) is 18.6 Å². The molecule has 2 aromatic heterocycles. The fourth-order valence-corrected chi connectivity index (χ4v) is 1.94. The molecule has 0 saturated carbocycles. The fourth-order valence-electron chi connectivity index (χ4n) is 1.94. The zero-order valence-corrected chi connectivity index (χ0v) is 11.6. The number of nitrogens with zero attached hydrogens (tertiary/aromatic N) is 3. The molecule has 2 aromatic rings. The first-order valence-electron chi connectivity index (χ1n) is 6.52. The largest absolute Gasteiger partial charge is 0.396 e. The average Bonchev–Trinajstić information content (AvgIpc) is 2.77. The van der Waals surface area contributed by atoms with E-state index in [4.69, 9.17) is 5.11 Å². The Morgan fingerprint density at radius 1 is 1.42 bits per heavy atom. The van der Waals surface area contributed by atoms with Crippen molar-refractivity contribution in [1.82, 2.24) is 14.4 Å². The fraction of sp³-hybridized carbons (Fsp3) is 0.538. The number of fused-ring (bicyclic) bond motifs is 1. The van der Waals surface area contributed by atoms with Gasteiger partial charge in [-0.15, -0.1) is 0 Å². The van der Waals surface area contributed by atoms with E-state index in [0.29, 0.717) is 6.42 Å². The minimum absolute atomic E-state index is 0.137. The van der Waals surface area contributed by atoms with Gasteiger partial charge < -0.3 is 20.1 Å². The van der Waals surface area contributed by atoms with Crippen LogP contribution in [0.1, 0.15) is 27.2 Å². The summed E-state index contributed by atoms with van der Waals surface area (Å²) in [6.45, 7) is 7.04. The average molecular weight is 263 g/mol. The second kappa shape index (κ2) is 5.44. The first kappa shape index (κ1) is 13.6. The van der Waals surface area contributed by atoms with Gasteiger partial charge in [-0.25, -0.2) is 9.97 Å². The Hall–Kier alpha value is -1.82. The van der Waals surface area contributed by atoms with Crippen molar-refractivity contribution in [1.29, 1.82) is 0 Å². The quantitative estimate of drug-likeness (QED) is 0.740. The molecule has 0 unspecified atom stereocenters. The van der Waals surface area contributed by atoms with E-state index >= 15 is 0 Å². The summed E-state index contributed by atoms with van der Waals surface area (Å²) in [5, 5.41) is 15.6. The summed E-state index contributed by atoms with van der Waals surface area (Å²) in [5.74, 6) is 1.53. The van der Waals surface area contributed by atoms with Crippen LogP contribution in [0.5, 0.6) is 0 Å². The van der Waals surface area contributed by atoms with Crippen LogP contribution in [0.2, 0.25) is 0 Å². The smallest absolute Gasteiger partial charge is 0.180 e. The van der Waals surface area contributed by atoms with Gasteiger partial charge in [-0.05, 0) is 27.2 Å². The molecular formula is C13H21N5O. The van der Waals surface area contributed by atoms with Crippen molar-refractivity contribution in [3.05, 3.63) is 18.6 Å². The van der Waals surface area contributed by atoms with Crippen molar-refractivity contribution in [2.45, 2.75) is 32.7 Å². The lowest BCUT2D eigenvalue weighted by Crippen LogP contribution is -2.32. The highest BCUT2D eigenvalue weighted by molar-refractivity contribution is 5.66. The van der Waals surface area contributed by atoms with Crippen molar-refractivity contribution in [3.8, 4) is 0 Å². The Labute approximate surface area is 112 Å². The summed E-state index contributed by atoms with van der Waals surface area (Å²) in [5.41, 5.74) is 0.548. The molecule has 0 fully saturated rings. The van der Waals surface area contributed by atoms with Gasteiger partial charge in [-0.2, -0.15) is 0 Å². The van der Waals surface area contributed by atoms with Gasteiger partial charge in [0, 0.05) is 31.1 Å². The molecule has 2 heterocycles. The van der Waals surface area contributed by atoms with Crippen molar-refractivity contribution in [2.75, 3.05) is 23.8 Å². The predicted molar refractivity (Wildman–Crippen MR) is 76.6 cm³/mol. The van der Waals surface area contributed by atoms with E-state index in [1.54, 1.807) is 6.20 Å². The Balaban J connectivity index is 2.37. The van der Waals surface area contributed by atoms with Gasteiger partial charge in [-0.3, -0.25) is 0 Å². The Kier molecular flexibility index (Phi) is 3.90. The summed E-state index contributed by atoms with van der Waals surface area (Å²) in [7, 11) is 0. The normalized spacial score (nSPS) is 11.8. The van der Waals surface area contributed by atoms with Crippen LogP contribution < -0.4 is 10.6 Å². The molecule has 0 spiro atoms. The second-order valence-corrected chi connectivity index (χ2v) is 5.15. The molecule has 0 aliphatic carbocycles. The second-order valence-electron chi connectivity index (χ2n) is 5.15. The third-order valence-corrected chi connectivity index (χ3v) is 2.93. The number of aromatic nitrogens is 3. The van der Waals surface area contributed by atoms with Crippen LogP contribution in [0.3, 0.4) is 0 Å². The summed E-state index contributed by atoms with van der Waals surface area (Å²) in [6.07, 6.45) is 6.20. The number of nitrogens with one attached hydrogen (secondary N) is 2. The highest BCUT2D eigenvalue weighted by Crippen LogP contribution is 2.21. The van der Waals surface area contributed by atoms with E-state index < -0.39 is 0 Å². The minimum atomic E-state index is -0.237. The Bertz CT molecular complexity index is 549. The van der Waals surface area contributed by atoms with Crippen molar-refractivity contribution < 1.29 is 5.11 Å². The third-order valence-electron chi connectivity index (χ3n) is 2.93. The summed E-state index contributed by atoms with van der Waals surface area (Å²) in [4.78, 5) is 8.85. The number of imidazole rings is 1. The molecule has 0 aliphatic heterocycles. The van der Waals surface area contributed by atoms with Gasteiger partial charge in [-0.1, -0.05) is 0 Å². The lowest BCUT2D eigenvalue weighted by Gasteiger charge is -2.26. The summed E-state index contributed by atoms with van der Waals surface area (Å²) >= 11 is 0. The van der Waals surface area contributed by atoms with Gasteiger partial charge in [0.2, 0.25) is 0 Å². The monoisotopic (exact) mass is 263 g/mol. The number of anilines is 2. The molecule has 0 aliphatic rings. The van der Waals surface area contributed by atoms with E-state index in [1.165, 1.54) is 0 Å². The standard InChI is InChI=1S/C13H21N5O/c1-4-14-10-9-18-7-6-15-12(18)11(16-10)17-13(2,3)5-8-19/h6-7,9,14,19H,4-5,8H2,1-3H3,(H,16,17). The number of aliphatic hydroxyl groups excluding tert-OH is 1. The van der Waals surface area contributed by atoms with Gasteiger partial charge in [0.15, 0.2) is 11.5 Å². The predicted octanol–water partition coefficient (Wildman–Crippen LogP) is 1.73. The number of hydrogen-bond acceptors (Lipinski definition) is 5. The first-order chi connectivity index (χ1) is 9.05. The molecule has 0 radical (unpaired) electrons. The third kappa shape index (κ3) is 3.14. The number of aliphatic hydroxyl groups is 1. The maximum atomic E-state index is 9.10. The molecular weight excluding hydrogens is 242 g/mol. The maximum absolute atomic E-state index is 9.10. The first-order valence-corrected chi connectivity index (χ1v) is 6.52. The van der Waals surface area contributed by atoms with Crippen LogP contribution in [-0.2, 0) is 0 Å². The van der Waals surface area contributed by atoms with Crippen LogP contribution in [0, 0.1) is 0 Å². The van der Waals surface area contributed by atoms with Gasteiger partial charge in [0.1, 0.15) is 5.82 Å². The van der Waals surface area contributed by atoms with Crippen molar-refractivity contribution >= 4 is 17.3 Å². The van der Waals surface area contributed by atoms with E-state index in [9.17, 15) is 0 Å². The lowest BCUT2D eigenvalue weighted by molar-refractivity contribution is 0.260. The molecule has 0 aromatic carbocycles. The molecule has 2 rings (SSSR count). The Morgan fingerprint density at radius 2 is 2.21 bits per heavy atom. The van der Waals surface area contributed by atoms with Crippen LogP contribution >= 0.6 is 0 Å². The van der Waals surface area contributed by atoms with E-state index in [1.807, 2.05) is 37.6 Å². The molecule has 0 bridgehead atoms. The molecule has 6 heteroatoms. The highest BCUT2D eigenvalue weighted by Gasteiger charge is 2.19. The molecule has 0 atom stereocenters. The minimum Gasteiger partial charge on any atom is -0.396 e. The van der Waals surface area contributed by atoms with E-state index in [-0.39, 0.29) is 12.1 Å². The van der Waals surface area contributed by atoms with Crippen molar-refractivity contribution in [3.63, 3.8) is 0 Å². The molecule has 0 amide bonds. The van der Waals surface area contributed by atoms with E-state index in [2.05, 4.69) is 20.6 Å². The van der Waals surface area contributed by atoms with Crippen LogP contribution in [-0.4, -0.2) is 38.2 Å². The van der Waals surface area contributed by atoms with Gasteiger partial charge in [0.25, 0.3) is 0 Å². The topological polar surface area (TPSA) is 74.5 Å². The highest BCUT2D eigenvalue weighted by atomic mass is 16.3. The molecule has 104 valence electrons. The number of hydrogen-bond donors (Lipinski definition) is 3. The zero-order valence-electron chi connectivity index (χ0n) is 11.6. The van der Waals surface area contributed by atoms with Gasteiger partial charge >= 0.3 is 0 Å².